The Kier molecular flexibility index (Phi) is 4.43. The standard InChI is InChI=1S/C21H17F3N6O2/c1-20(9-10-25-18(20)31)19-28-27-17(32-19)15-14-4-2-3-11-30(14)29-16(15)26-13-7-5-12(6-8-13)21(22,23)24/h2-8,11H,9-10H2,1H3,(H,25,31)(H,26,29)/t20-/m0/s1. The van der Waals surface area contributed by atoms with Gasteiger partial charge in [-0.2, -0.15) is 13.2 Å². The quantitative estimate of drug-likeness (QED) is 0.497. The van der Waals surface area contributed by atoms with E-state index in [0.29, 0.717) is 35.6 Å². The van der Waals surface area contributed by atoms with Crippen LogP contribution in [-0.2, 0) is 16.4 Å². The third-order valence-electron chi connectivity index (χ3n) is 5.54. The van der Waals surface area contributed by atoms with Gasteiger partial charge in [-0.1, -0.05) is 6.07 Å². The topological polar surface area (TPSA) is 97.3 Å². The van der Waals surface area contributed by atoms with Gasteiger partial charge in [-0.25, -0.2) is 4.52 Å². The lowest BCUT2D eigenvalue weighted by Gasteiger charge is -2.14. The summed E-state index contributed by atoms with van der Waals surface area (Å²) in [6, 6.07) is 10.0. The van der Waals surface area contributed by atoms with Crippen molar-refractivity contribution in [3.8, 4) is 11.5 Å². The number of carbonyl (C=O) groups is 1. The number of nitrogens with zero attached hydrogens (tertiary/aromatic N) is 4. The second-order valence-electron chi connectivity index (χ2n) is 7.70. The number of rotatable bonds is 4. The average Bonchev–Trinajstić information content (AvgIpc) is 3.45. The summed E-state index contributed by atoms with van der Waals surface area (Å²) in [6.07, 6.45) is -2.17. The molecule has 4 heterocycles. The highest BCUT2D eigenvalue weighted by atomic mass is 19.4. The van der Waals surface area contributed by atoms with Gasteiger partial charge in [-0.3, -0.25) is 4.79 Å². The van der Waals surface area contributed by atoms with E-state index in [1.165, 1.54) is 12.1 Å². The smallest absolute Gasteiger partial charge is 0.416 e. The molecule has 0 radical (unpaired) electrons. The Morgan fingerprint density at radius 3 is 2.62 bits per heavy atom. The number of amides is 1. The van der Waals surface area contributed by atoms with Gasteiger partial charge in [-0.15, -0.1) is 15.3 Å². The van der Waals surface area contributed by atoms with Crippen LogP contribution in [0.4, 0.5) is 24.7 Å². The van der Waals surface area contributed by atoms with Crippen LogP contribution in [0.5, 0.6) is 0 Å². The monoisotopic (exact) mass is 442 g/mol. The first-order valence-electron chi connectivity index (χ1n) is 9.80. The van der Waals surface area contributed by atoms with Crippen LogP contribution in [0.3, 0.4) is 0 Å². The van der Waals surface area contributed by atoms with Gasteiger partial charge in [0.2, 0.25) is 11.8 Å². The van der Waals surface area contributed by atoms with Crippen molar-refractivity contribution in [2.45, 2.75) is 24.9 Å². The predicted molar refractivity (Wildman–Crippen MR) is 108 cm³/mol. The van der Waals surface area contributed by atoms with Gasteiger partial charge in [0.25, 0.3) is 5.89 Å². The molecule has 1 aromatic carbocycles. The second kappa shape index (κ2) is 7.08. The van der Waals surface area contributed by atoms with E-state index in [4.69, 9.17) is 4.42 Å². The van der Waals surface area contributed by atoms with Gasteiger partial charge in [0, 0.05) is 18.4 Å². The SMILES string of the molecule is C[C@]1(c2nnc(-c3c(Nc4ccc(C(F)(F)F)cc4)nn4ccccc34)o2)CCNC1=O. The summed E-state index contributed by atoms with van der Waals surface area (Å²) in [4.78, 5) is 12.3. The van der Waals surface area contributed by atoms with E-state index < -0.39 is 17.2 Å². The van der Waals surface area contributed by atoms with Gasteiger partial charge in [0.15, 0.2) is 5.82 Å². The van der Waals surface area contributed by atoms with Gasteiger partial charge in [0.05, 0.1) is 11.1 Å². The zero-order valence-corrected chi connectivity index (χ0v) is 16.8. The number of hydrogen-bond donors (Lipinski definition) is 2. The molecule has 0 bridgehead atoms. The minimum absolute atomic E-state index is 0.150. The molecule has 1 amide bonds. The number of anilines is 2. The van der Waals surface area contributed by atoms with Gasteiger partial charge in [-0.05, 0) is 49.7 Å². The Hall–Kier alpha value is -3.89. The fourth-order valence-corrected chi connectivity index (χ4v) is 3.66. The van der Waals surface area contributed by atoms with Crippen molar-refractivity contribution in [2.75, 3.05) is 11.9 Å². The van der Waals surface area contributed by atoms with Gasteiger partial charge >= 0.3 is 6.18 Å². The van der Waals surface area contributed by atoms with Crippen molar-refractivity contribution >= 4 is 22.9 Å². The summed E-state index contributed by atoms with van der Waals surface area (Å²) in [6.45, 7) is 2.26. The molecule has 0 spiro atoms. The summed E-state index contributed by atoms with van der Waals surface area (Å²) in [7, 11) is 0. The predicted octanol–water partition coefficient (Wildman–Crippen LogP) is 3.92. The van der Waals surface area contributed by atoms with Crippen molar-refractivity contribution in [3.63, 3.8) is 0 Å². The zero-order chi connectivity index (χ0) is 22.5. The maximum absolute atomic E-state index is 12.9. The van der Waals surface area contributed by atoms with Crippen LogP contribution in [0.1, 0.15) is 24.8 Å². The highest BCUT2D eigenvalue weighted by Gasteiger charge is 2.44. The zero-order valence-electron chi connectivity index (χ0n) is 16.8. The van der Waals surface area contributed by atoms with Crippen molar-refractivity contribution < 1.29 is 22.4 Å². The maximum Gasteiger partial charge on any atom is 0.416 e. The molecular weight excluding hydrogens is 425 g/mol. The van der Waals surface area contributed by atoms with Gasteiger partial charge < -0.3 is 15.1 Å². The number of carbonyl (C=O) groups excluding carboxylic acids is 1. The Morgan fingerprint density at radius 2 is 1.94 bits per heavy atom. The molecule has 0 aliphatic carbocycles. The number of nitrogens with one attached hydrogen (secondary N) is 2. The van der Waals surface area contributed by atoms with Crippen LogP contribution in [0.2, 0.25) is 0 Å². The minimum atomic E-state index is -4.42. The molecule has 0 unspecified atom stereocenters. The molecule has 1 atom stereocenters. The molecule has 0 saturated carbocycles. The number of aromatic nitrogens is 4. The first-order chi connectivity index (χ1) is 15.3. The molecule has 1 aliphatic rings. The molecule has 8 nitrogen and oxygen atoms in total. The van der Waals surface area contributed by atoms with Crippen LogP contribution in [0.25, 0.3) is 17.0 Å². The third-order valence-corrected chi connectivity index (χ3v) is 5.54. The first-order valence-corrected chi connectivity index (χ1v) is 9.80. The Morgan fingerprint density at radius 1 is 1.16 bits per heavy atom. The van der Waals surface area contributed by atoms with Crippen LogP contribution >= 0.6 is 0 Å². The third kappa shape index (κ3) is 3.26. The maximum atomic E-state index is 12.9. The van der Waals surface area contributed by atoms with Crippen molar-refractivity contribution in [3.05, 3.63) is 60.1 Å². The molecule has 2 N–H and O–H groups in total. The Bertz CT molecular complexity index is 1310. The Balaban J connectivity index is 1.55. The number of fused-ring (bicyclic) bond motifs is 1. The number of alkyl halides is 3. The number of benzene rings is 1. The molecule has 11 heteroatoms. The van der Waals surface area contributed by atoms with E-state index in [9.17, 15) is 18.0 Å². The largest absolute Gasteiger partial charge is 0.419 e. The minimum Gasteiger partial charge on any atom is -0.419 e. The van der Waals surface area contributed by atoms with E-state index in [1.807, 2.05) is 6.07 Å². The van der Waals surface area contributed by atoms with Crippen LogP contribution in [0, 0.1) is 0 Å². The fourth-order valence-electron chi connectivity index (χ4n) is 3.66. The molecule has 1 fully saturated rings. The summed E-state index contributed by atoms with van der Waals surface area (Å²) in [5.41, 5.74) is -0.133. The normalized spacial score (nSPS) is 18.8. The van der Waals surface area contributed by atoms with Crippen LogP contribution < -0.4 is 10.6 Å². The molecule has 1 aliphatic heterocycles. The number of hydrogen-bond acceptors (Lipinski definition) is 6. The molecule has 3 aromatic heterocycles. The lowest BCUT2D eigenvalue weighted by Crippen LogP contribution is -2.32. The van der Waals surface area contributed by atoms with E-state index in [0.717, 1.165) is 12.1 Å². The number of pyridine rings is 1. The summed E-state index contributed by atoms with van der Waals surface area (Å²) in [5.74, 6) is 0.484. The van der Waals surface area contributed by atoms with Crippen molar-refractivity contribution in [1.82, 2.24) is 25.1 Å². The Labute approximate surface area is 179 Å². The van der Waals surface area contributed by atoms with Crippen molar-refractivity contribution in [2.24, 2.45) is 0 Å². The van der Waals surface area contributed by atoms with E-state index >= 15 is 0 Å². The first kappa shape index (κ1) is 20.0. The van der Waals surface area contributed by atoms with E-state index in [1.54, 1.807) is 29.8 Å². The highest BCUT2D eigenvalue weighted by Crippen LogP contribution is 2.37. The molecule has 1 saturated heterocycles. The summed E-state index contributed by atoms with van der Waals surface area (Å²) in [5, 5.41) is 18.5. The fraction of sp³-hybridized carbons (Fsp3) is 0.238. The average molecular weight is 442 g/mol. The van der Waals surface area contributed by atoms with E-state index in [2.05, 4.69) is 25.9 Å². The van der Waals surface area contributed by atoms with Crippen LogP contribution in [-0.4, -0.2) is 32.3 Å². The highest BCUT2D eigenvalue weighted by molar-refractivity contribution is 5.89. The molecule has 164 valence electrons. The molecule has 5 rings (SSSR count). The van der Waals surface area contributed by atoms with E-state index in [-0.39, 0.29) is 17.7 Å². The summed E-state index contributed by atoms with van der Waals surface area (Å²) < 4.78 is 46.1. The summed E-state index contributed by atoms with van der Waals surface area (Å²) >= 11 is 0. The molecular formula is C21H17F3N6O2. The second-order valence-corrected chi connectivity index (χ2v) is 7.70. The lowest BCUT2D eigenvalue weighted by atomic mass is 9.89. The molecule has 32 heavy (non-hydrogen) atoms. The van der Waals surface area contributed by atoms with Gasteiger partial charge in [0.1, 0.15) is 11.0 Å². The van der Waals surface area contributed by atoms with Crippen molar-refractivity contribution in [1.29, 1.82) is 0 Å². The molecule has 4 aromatic rings. The van der Waals surface area contributed by atoms with Crippen LogP contribution in [0.15, 0.2) is 53.1 Å². The number of halogens is 3. The lowest BCUT2D eigenvalue weighted by molar-refractivity contribution is -0.137.